The Hall–Kier alpha value is -1.19. The Labute approximate surface area is 94.9 Å². The number of hydrogen-bond acceptors (Lipinski definition) is 5. The largest absolute Gasteiger partial charge is 0.262 e. The van der Waals surface area contributed by atoms with Crippen molar-refractivity contribution in [2.45, 2.75) is 39.5 Å². The zero-order chi connectivity index (χ0) is 11.4. The molecule has 0 bridgehead atoms. The molecule has 0 saturated heterocycles. The van der Waals surface area contributed by atoms with E-state index in [-0.39, 0.29) is 11.8 Å². The smallest absolute Gasteiger partial charge is 0.217 e. The van der Waals surface area contributed by atoms with Gasteiger partial charge in [0, 0.05) is 11.8 Å². The molecule has 0 radical (unpaired) electrons. The van der Waals surface area contributed by atoms with Crippen LogP contribution in [0.3, 0.4) is 0 Å². The summed E-state index contributed by atoms with van der Waals surface area (Å²) in [7, 11) is 0. The molecular weight excluding hydrogens is 208 g/mol. The summed E-state index contributed by atoms with van der Waals surface area (Å²) in [5, 5.41) is 2.27. The van der Waals surface area contributed by atoms with Crippen LogP contribution < -0.4 is 0 Å². The van der Waals surface area contributed by atoms with E-state index in [2.05, 4.69) is 37.3 Å². The van der Waals surface area contributed by atoms with Crippen LogP contribution in [0.2, 0.25) is 0 Å². The Morgan fingerprint density at radius 1 is 1.00 bits per heavy atom. The number of isothiocyanates is 1. The average Bonchev–Trinajstić information content (AvgIpc) is 2.17. The standard InChI is InChI=1S/C10H14N4S/c1-6(2)8-12-9(7(3)4)14-10(13-8)11-5-15/h6-7H,1-4H3. The molecule has 4 nitrogen and oxygen atoms in total. The molecule has 1 aromatic rings. The van der Waals surface area contributed by atoms with Crippen molar-refractivity contribution in [3.63, 3.8) is 0 Å². The van der Waals surface area contributed by atoms with Crippen LogP contribution in [-0.2, 0) is 0 Å². The third kappa shape index (κ3) is 3.15. The highest BCUT2D eigenvalue weighted by atomic mass is 32.1. The van der Waals surface area contributed by atoms with Crippen molar-refractivity contribution < 1.29 is 0 Å². The Kier molecular flexibility index (Phi) is 4.00. The first-order chi connectivity index (χ1) is 7.04. The molecule has 0 unspecified atom stereocenters. The van der Waals surface area contributed by atoms with Gasteiger partial charge < -0.3 is 0 Å². The molecule has 1 rings (SSSR count). The third-order valence-electron chi connectivity index (χ3n) is 1.84. The lowest BCUT2D eigenvalue weighted by Gasteiger charge is -2.08. The summed E-state index contributed by atoms with van der Waals surface area (Å²) in [5.41, 5.74) is 0. The fraction of sp³-hybridized carbons (Fsp3) is 0.600. The van der Waals surface area contributed by atoms with E-state index in [1.54, 1.807) is 0 Å². The summed E-state index contributed by atoms with van der Waals surface area (Å²) < 4.78 is 0. The van der Waals surface area contributed by atoms with Crippen LogP contribution in [0.1, 0.15) is 51.2 Å². The fourth-order valence-electron chi connectivity index (χ4n) is 1.00. The highest BCUT2D eigenvalue weighted by molar-refractivity contribution is 7.78. The Morgan fingerprint density at radius 2 is 1.47 bits per heavy atom. The minimum atomic E-state index is 0.254. The number of aliphatic imine (C=N–C) groups is 1. The van der Waals surface area contributed by atoms with Gasteiger partial charge in [-0.05, 0) is 12.2 Å². The van der Waals surface area contributed by atoms with E-state index in [0.717, 1.165) is 11.6 Å². The Morgan fingerprint density at radius 3 is 1.80 bits per heavy atom. The van der Waals surface area contributed by atoms with Crippen LogP contribution >= 0.6 is 12.2 Å². The predicted molar refractivity (Wildman–Crippen MR) is 62.7 cm³/mol. The average molecular weight is 222 g/mol. The molecule has 0 fully saturated rings. The normalized spacial score (nSPS) is 10.5. The minimum Gasteiger partial charge on any atom is -0.217 e. The van der Waals surface area contributed by atoms with E-state index in [9.17, 15) is 0 Å². The van der Waals surface area contributed by atoms with Gasteiger partial charge in [0.1, 0.15) is 11.6 Å². The molecule has 0 aliphatic rings. The first-order valence-corrected chi connectivity index (χ1v) is 5.29. The van der Waals surface area contributed by atoms with E-state index >= 15 is 0 Å². The van der Waals surface area contributed by atoms with Gasteiger partial charge in [0.15, 0.2) is 0 Å². The van der Waals surface area contributed by atoms with E-state index in [1.807, 2.05) is 27.7 Å². The first kappa shape index (κ1) is 11.9. The molecule has 0 amide bonds. The third-order valence-corrected chi connectivity index (χ3v) is 1.93. The second-order valence-corrected chi connectivity index (χ2v) is 4.05. The Bertz CT molecular complexity index is 368. The molecule has 0 spiro atoms. The van der Waals surface area contributed by atoms with E-state index in [0.29, 0.717) is 5.95 Å². The van der Waals surface area contributed by atoms with Crippen molar-refractivity contribution in [3.05, 3.63) is 11.6 Å². The van der Waals surface area contributed by atoms with Crippen molar-refractivity contribution in [2.75, 3.05) is 0 Å². The molecule has 0 atom stereocenters. The lowest BCUT2D eigenvalue weighted by Crippen LogP contribution is -2.05. The maximum Gasteiger partial charge on any atom is 0.262 e. The van der Waals surface area contributed by atoms with Crippen LogP contribution in [0.5, 0.6) is 0 Å². The van der Waals surface area contributed by atoms with Gasteiger partial charge in [0.25, 0.3) is 5.95 Å². The van der Waals surface area contributed by atoms with Crippen molar-refractivity contribution in [3.8, 4) is 0 Å². The van der Waals surface area contributed by atoms with Gasteiger partial charge in [0.2, 0.25) is 0 Å². The fourth-order valence-corrected chi connectivity index (χ4v) is 1.09. The quantitative estimate of drug-likeness (QED) is 0.583. The van der Waals surface area contributed by atoms with E-state index in [1.165, 1.54) is 0 Å². The molecule has 5 heteroatoms. The summed E-state index contributed by atoms with van der Waals surface area (Å²) >= 11 is 4.53. The highest BCUT2D eigenvalue weighted by Gasteiger charge is 2.11. The van der Waals surface area contributed by atoms with Gasteiger partial charge in [0.05, 0.1) is 5.16 Å². The van der Waals surface area contributed by atoms with Crippen LogP contribution in [0.4, 0.5) is 5.95 Å². The Balaban J connectivity index is 3.25. The van der Waals surface area contributed by atoms with Crippen molar-refractivity contribution in [1.29, 1.82) is 0 Å². The second kappa shape index (κ2) is 5.05. The van der Waals surface area contributed by atoms with Crippen LogP contribution in [0.25, 0.3) is 0 Å². The molecule has 1 heterocycles. The second-order valence-electron chi connectivity index (χ2n) is 3.86. The summed E-state index contributed by atoms with van der Waals surface area (Å²) in [5.74, 6) is 2.36. The summed E-state index contributed by atoms with van der Waals surface area (Å²) in [6, 6.07) is 0. The minimum absolute atomic E-state index is 0.254. The molecule has 15 heavy (non-hydrogen) atoms. The zero-order valence-corrected chi connectivity index (χ0v) is 10.2. The molecule has 80 valence electrons. The van der Waals surface area contributed by atoms with Gasteiger partial charge in [-0.1, -0.05) is 27.7 Å². The molecule has 0 aliphatic carbocycles. The number of nitrogens with zero attached hydrogens (tertiary/aromatic N) is 4. The number of rotatable bonds is 3. The SMILES string of the molecule is CC(C)c1nc(N=C=S)nc(C(C)C)n1. The molecule has 0 saturated carbocycles. The van der Waals surface area contributed by atoms with Crippen LogP contribution in [0.15, 0.2) is 4.99 Å². The number of aromatic nitrogens is 3. The maximum atomic E-state index is 4.53. The lowest BCUT2D eigenvalue weighted by atomic mass is 10.2. The van der Waals surface area contributed by atoms with E-state index in [4.69, 9.17) is 0 Å². The van der Waals surface area contributed by atoms with Gasteiger partial charge in [-0.3, -0.25) is 0 Å². The predicted octanol–water partition coefficient (Wildman–Crippen LogP) is 2.85. The zero-order valence-electron chi connectivity index (χ0n) is 9.35. The molecule has 0 N–H and O–H groups in total. The van der Waals surface area contributed by atoms with Gasteiger partial charge in [-0.25, -0.2) is 4.98 Å². The molecule has 1 aromatic heterocycles. The molecule has 0 aliphatic heterocycles. The first-order valence-electron chi connectivity index (χ1n) is 4.88. The van der Waals surface area contributed by atoms with Gasteiger partial charge >= 0.3 is 0 Å². The van der Waals surface area contributed by atoms with Crippen molar-refractivity contribution in [2.24, 2.45) is 4.99 Å². The van der Waals surface area contributed by atoms with Crippen LogP contribution in [0, 0.1) is 0 Å². The summed E-state index contributed by atoms with van der Waals surface area (Å²) in [6.45, 7) is 8.13. The topological polar surface area (TPSA) is 51.0 Å². The van der Waals surface area contributed by atoms with Crippen LogP contribution in [-0.4, -0.2) is 20.1 Å². The summed E-state index contributed by atoms with van der Waals surface area (Å²) in [4.78, 5) is 16.5. The van der Waals surface area contributed by atoms with Gasteiger partial charge in [-0.2, -0.15) is 15.0 Å². The van der Waals surface area contributed by atoms with E-state index < -0.39 is 0 Å². The summed E-state index contributed by atoms with van der Waals surface area (Å²) in [6.07, 6.45) is 0. The van der Waals surface area contributed by atoms with Crippen molar-refractivity contribution >= 4 is 23.3 Å². The maximum absolute atomic E-state index is 4.53. The molecule has 0 aromatic carbocycles. The monoisotopic (exact) mass is 222 g/mol. The molecular formula is C10H14N4S. The number of thiocarbonyl (C=S) groups is 1. The van der Waals surface area contributed by atoms with Gasteiger partial charge in [-0.15, -0.1) is 0 Å². The number of hydrogen-bond donors (Lipinski definition) is 0. The lowest BCUT2D eigenvalue weighted by molar-refractivity contribution is 0.695. The van der Waals surface area contributed by atoms with Crippen molar-refractivity contribution in [1.82, 2.24) is 15.0 Å². The highest BCUT2D eigenvalue weighted by Crippen LogP contribution is 2.16.